The number of rotatable bonds is 4. The summed E-state index contributed by atoms with van der Waals surface area (Å²) in [7, 11) is 0. The number of hydrogen-bond donors (Lipinski definition) is 1. The Morgan fingerprint density at radius 1 is 1.04 bits per heavy atom. The van der Waals surface area contributed by atoms with Crippen molar-refractivity contribution in [2.24, 2.45) is 0 Å². The normalized spacial score (nSPS) is 10.7. The molecule has 0 atom stereocenters. The number of nitrogens with zero attached hydrogens (tertiary/aromatic N) is 1. The number of anilines is 1. The lowest BCUT2D eigenvalue weighted by atomic mass is 10.1. The second-order valence-electron chi connectivity index (χ2n) is 5.89. The van der Waals surface area contributed by atoms with Crippen molar-refractivity contribution in [2.45, 2.75) is 0 Å². The Hall–Kier alpha value is -2.89. The van der Waals surface area contributed by atoms with Crippen LogP contribution in [0.5, 0.6) is 0 Å². The Kier molecular flexibility index (Phi) is 4.79. The van der Waals surface area contributed by atoms with Crippen LogP contribution in [-0.2, 0) is 0 Å². The number of carbonyl (C=O) groups is 1. The minimum Gasteiger partial charge on any atom is -0.322 e. The predicted molar refractivity (Wildman–Crippen MR) is 108 cm³/mol. The van der Waals surface area contributed by atoms with Gasteiger partial charge in [0, 0.05) is 34.0 Å². The molecule has 0 aliphatic rings. The summed E-state index contributed by atoms with van der Waals surface area (Å²) >= 11 is 7.35. The van der Waals surface area contributed by atoms with Crippen LogP contribution in [0.1, 0.15) is 9.67 Å². The highest BCUT2D eigenvalue weighted by atomic mass is 35.5. The molecule has 2 aromatic carbocycles. The fourth-order valence-corrected chi connectivity index (χ4v) is 3.94. The molecule has 0 spiro atoms. The number of aromatic nitrogens is 1. The molecular formula is C21H14ClFN2OS. The summed E-state index contributed by atoms with van der Waals surface area (Å²) < 4.78 is 15.3. The third kappa shape index (κ3) is 3.65. The monoisotopic (exact) mass is 396 g/mol. The van der Waals surface area contributed by atoms with E-state index in [0.29, 0.717) is 15.6 Å². The second-order valence-corrected chi connectivity index (χ2v) is 7.20. The van der Waals surface area contributed by atoms with Gasteiger partial charge < -0.3 is 9.88 Å². The van der Waals surface area contributed by atoms with Gasteiger partial charge in [-0.1, -0.05) is 29.8 Å². The van der Waals surface area contributed by atoms with Crippen molar-refractivity contribution in [2.75, 3.05) is 5.32 Å². The summed E-state index contributed by atoms with van der Waals surface area (Å²) in [5.41, 5.74) is 3.09. The van der Waals surface area contributed by atoms with E-state index in [0.717, 1.165) is 16.8 Å². The predicted octanol–water partition coefficient (Wildman–Crippen LogP) is 6.25. The van der Waals surface area contributed by atoms with E-state index in [2.05, 4.69) is 5.32 Å². The molecule has 2 aromatic heterocycles. The summed E-state index contributed by atoms with van der Waals surface area (Å²) in [6, 6.07) is 17.1. The zero-order chi connectivity index (χ0) is 18.8. The lowest BCUT2D eigenvalue weighted by Gasteiger charge is -2.10. The molecule has 134 valence electrons. The van der Waals surface area contributed by atoms with E-state index in [1.165, 1.54) is 23.5 Å². The van der Waals surface area contributed by atoms with Gasteiger partial charge in [-0.05, 0) is 48.0 Å². The van der Waals surface area contributed by atoms with Crippen LogP contribution >= 0.6 is 22.9 Å². The van der Waals surface area contributed by atoms with Gasteiger partial charge in [0.25, 0.3) is 5.91 Å². The van der Waals surface area contributed by atoms with Gasteiger partial charge >= 0.3 is 0 Å². The van der Waals surface area contributed by atoms with E-state index in [1.807, 2.05) is 58.7 Å². The quantitative estimate of drug-likeness (QED) is 0.434. The smallest absolute Gasteiger partial charge is 0.267 e. The summed E-state index contributed by atoms with van der Waals surface area (Å²) in [6.45, 7) is 0. The number of amides is 1. The highest BCUT2D eigenvalue weighted by molar-refractivity contribution is 7.13. The van der Waals surface area contributed by atoms with Gasteiger partial charge in [-0.3, -0.25) is 4.79 Å². The molecule has 0 saturated carbocycles. The molecule has 0 aliphatic heterocycles. The van der Waals surface area contributed by atoms with Crippen LogP contribution in [0.2, 0.25) is 5.02 Å². The van der Waals surface area contributed by atoms with Gasteiger partial charge in [-0.25, -0.2) is 4.39 Å². The number of thiophene rings is 1. The van der Waals surface area contributed by atoms with E-state index in [4.69, 9.17) is 11.6 Å². The maximum absolute atomic E-state index is 13.4. The van der Waals surface area contributed by atoms with Gasteiger partial charge in [-0.15, -0.1) is 11.3 Å². The number of halogens is 2. The zero-order valence-corrected chi connectivity index (χ0v) is 15.6. The molecule has 1 N–H and O–H groups in total. The topological polar surface area (TPSA) is 34.0 Å². The van der Waals surface area contributed by atoms with Gasteiger partial charge in [0.05, 0.1) is 5.69 Å². The molecule has 4 rings (SSSR count). The molecule has 4 aromatic rings. The molecule has 0 unspecified atom stereocenters. The van der Waals surface area contributed by atoms with Crippen molar-refractivity contribution >= 4 is 34.5 Å². The first-order chi connectivity index (χ1) is 13.1. The molecule has 0 fully saturated rings. The fourth-order valence-electron chi connectivity index (χ4n) is 2.84. The van der Waals surface area contributed by atoms with Crippen molar-refractivity contribution in [1.29, 1.82) is 0 Å². The van der Waals surface area contributed by atoms with E-state index in [9.17, 15) is 9.18 Å². The highest BCUT2D eigenvalue weighted by Crippen LogP contribution is 2.36. The third-order valence-corrected chi connectivity index (χ3v) is 5.29. The Labute approximate surface area is 164 Å². The Bertz CT molecular complexity index is 1090. The molecule has 2 heterocycles. The standard InChI is InChI=1S/C21H14ClFN2OS/c22-15-8-6-14(7-9-15)18-13-27-20(19(18)25-10-1-2-11-25)21(26)24-17-5-3-4-16(23)12-17/h1-13H,(H,24,26). The summed E-state index contributed by atoms with van der Waals surface area (Å²) in [5.74, 6) is -0.680. The van der Waals surface area contributed by atoms with Gasteiger partial charge in [0.1, 0.15) is 10.7 Å². The number of nitrogens with one attached hydrogen (secondary N) is 1. The van der Waals surface area contributed by atoms with Crippen LogP contribution < -0.4 is 5.32 Å². The van der Waals surface area contributed by atoms with E-state index in [1.54, 1.807) is 12.1 Å². The Morgan fingerprint density at radius 2 is 1.78 bits per heavy atom. The van der Waals surface area contributed by atoms with Crippen LogP contribution in [0, 0.1) is 5.82 Å². The summed E-state index contributed by atoms with van der Waals surface area (Å²) in [4.78, 5) is 13.4. The Morgan fingerprint density at radius 3 is 2.48 bits per heavy atom. The van der Waals surface area contributed by atoms with Crippen molar-refractivity contribution in [3.8, 4) is 16.8 Å². The lowest BCUT2D eigenvalue weighted by Crippen LogP contribution is -2.13. The SMILES string of the molecule is O=C(Nc1cccc(F)c1)c1scc(-c2ccc(Cl)cc2)c1-n1cccc1. The maximum atomic E-state index is 13.4. The van der Waals surface area contributed by atoms with E-state index in [-0.39, 0.29) is 5.91 Å². The van der Waals surface area contributed by atoms with Crippen molar-refractivity contribution in [1.82, 2.24) is 4.57 Å². The molecule has 0 aliphatic carbocycles. The average molecular weight is 397 g/mol. The van der Waals surface area contributed by atoms with Gasteiger partial charge in [0.2, 0.25) is 0 Å². The van der Waals surface area contributed by atoms with Crippen LogP contribution in [0.15, 0.2) is 78.4 Å². The highest BCUT2D eigenvalue weighted by Gasteiger charge is 2.20. The Balaban J connectivity index is 1.77. The maximum Gasteiger partial charge on any atom is 0.267 e. The lowest BCUT2D eigenvalue weighted by molar-refractivity contribution is 0.103. The molecule has 0 radical (unpaired) electrons. The van der Waals surface area contributed by atoms with Crippen LogP contribution in [-0.4, -0.2) is 10.5 Å². The first-order valence-electron chi connectivity index (χ1n) is 8.19. The summed E-state index contributed by atoms with van der Waals surface area (Å²) in [6.07, 6.45) is 3.78. The fraction of sp³-hybridized carbons (Fsp3) is 0. The minimum absolute atomic E-state index is 0.283. The largest absolute Gasteiger partial charge is 0.322 e. The molecular weight excluding hydrogens is 383 g/mol. The van der Waals surface area contributed by atoms with Crippen LogP contribution in [0.25, 0.3) is 16.8 Å². The molecule has 0 saturated heterocycles. The molecule has 0 bridgehead atoms. The number of hydrogen-bond acceptors (Lipinski definition) is 2. The second kappa shape index (κ2) is 7.39. The van der Waals surface area contributed by atoms with Crippen molar-refractivity contribution in [3.05, 3.63) is 94.2 Å². The minimum atomic E-state index is -0.397. The first kappa shape index (κ1) is 17.5. The van der Waals surface area contributed by atoms with Gasteiger partial charge in [0.15, 0.2) is 0 Å². The number of benzene rings is 2. The van der Waals surface area contributed by atoms with Crippen molar-refractivity contribution < 1.29 is 9.18 Å². The molecule has 27 heavy (non-hydrogen) atoms. The van der Waals surface area contributed by atoms with Crippen LogP contribution in [0.3, 0.4) is 0 Å². The van der Waals surface area contributed by atoms with Crippen molar-refractivity contribution in [3.63, 3.8) is 0 Å². The average Bonchev–Trinajstić information content (AvgIpc) is 3.32. The summed E-state index contributed by atoms with van der Waals surface area (Å²) in [5, 5.41) is 5.37. The van der Waals surface area contributed by atoms with Gasteiger partial charge in [-0.2, -0.15) is 0 Å². The first-order valence-corrected chi connectivity index (χ1v) is 9.45. The zero-order valence-electron chi connectivity index (χ0n) is 14.0. The molecule has 6 heteroatoms. The number of carbonyl (C=O) groups excluding carboxylic acids is 1. The molecule has 1 amide bonds. The van der Waals surface area contributed by atoms with E-state index >= 15 is 0 Å². The van der Waals surface area contributed by atoms with Crippen LogP contribution in [0.4, 0.5) is 10.1 Å². The van der Waals surface area contributed by atoms with E-state index < -0.39 is 5.82 Å². The third-order valence-electron chi connectivity index (χ3n) is 4.07. The molecule has 3 nitrogen and oxygen atoms in total.